The lowest BCUT2D eigenvalue weighted by molar-refractivity contribution is -0.303. The van der Waals surface area contributed by atoms with Gasteiger partial charge in [0.15, 0.2) is 24.1 Å². The minimum atomic E-state index is -1.44. The second-order valence-electron chi connectivity index (χ2n) is 13.8. The molecule has 1 N–H and O–H groups in total. The van der Waals surface area contributed by atoms with Gasteiger partial charge < -0.3 is 43.2 Å². The first kappa shape index (κ1) is 37.1. The van der Waals surface area contributed by atoms with E-state index in [1.54, 1.807) is 41.5 Å². The van der Waals surface area contributed by atoms with E-state index in [-0.39, 0.29) is 24.3 Å². The van der Waals surface area contributed by atoms with Gasteiger partial charge in [-0.2, -0.15) is 0 Å². The summed E-state index contributed by atoms with van der Waals surface area (Å²) in [6, 6.07) is -0.238. The number of aliphatic hydroxyl groups is 1. The standard InChI is InChI=1S/C32H53NO12/c1-15-14-31(8,39-12)26(43-29-25(42-21(7)34)22(33(10)11)13-16(2)40-29)18(4)24(36)19(5)28(37)41-20(6)32(9)27(17(3)23(15)35)44-30(38)45-32/h15-20,22,24-27,29,36H,13-14H2,1-12H3/t15-,16-,17+,18+,19-,20-,22+,24+,25?,26-,27-,29+,31-,32-/m1/s1. The fourth-order valence-electron chi connectivity index (χ4n) is 7.12. The summed E-state index contributed by atoms with van der Waals surface area (Å²) in [5.41, 5.74) is -2.66. The van der Waals surface area contributed by atoms with Crippen molar-refractivity contribution in [3.05, 3.63) is 0 Å². The van der Waals surface area contributed by atoms with Crippen LogP contribution in [0.3, 0.4) is 0 Å². The second-order valence-corrected chi connectivity index (χ2v) is 13.8. The SMILES string of the molecule is CO[C@]1(C)C[C@@H](C)C(=O)[C@H](C)[C@H]2OC(=O)O[C@]2(C)[C@@H](C)OC(=O)[C@H](C)[C@@H](O)[C@H](C)[C@H]1O[C@@H]1O[C@H](C)C[C@H](N(C)C)C1OC(C)=O. The van der Waals surface area contributed by atoms with Crippen molar-refractivity contribution in [2.75, 3.05) is 21.2 Å². The van der Waals surface area contributed by atoms with Gasteiger partial charge >= 0.3 is 18.1 Å². The number of cyclic esters (lactones) is 1. The third-order valence-corrected chi connectivity index (χ3v) is 10.1. The minimum Gasteiger partial charge on any atom is -0.458 e. The number of carbonyl (C=O) groups excluding carboxylic acids is 4. The van der Waals surface area contributed by atoms with Crippen LogP contribution in [-0.2, 0) is 47.5 Å². The normalized spacial score (nSPS) is 45.2. The van der Waals surface area contributed by atoms with Gasteiger partial charge in [-0.05, 0) is 61.6 Å². The van der Waals surface area contributed by atoms with Gasteiger partial charge in [-0.25, -0.2) is 4.79 Å². The van der Waals surface area contributed by atoms with Crippen LogP contribution in [0.2, 0.25) is 0 Å². The molecule has 45 heavy (non-hydrogen) atoms. The van der Waals surface area contributed by atoms with E-state index in [0.29, 0.717) is 6.42 Å². The molecule has 0 saturated carbocycles. The summed E-state index contributed by atoms with van der Waals surface area (Å²) in [7, 11) is 5.24. The number of aliphatic hydroxyl groups excluding tert-OH is 1. The van der Waals surface area contributed by atoms with Crippen LogP contribution in [0.25, 0.3) is 0 Å². The predicted molar refractivity (Wildman–Crippen MR) is 160 cm³/mol. The Kier molecular flexibility index (Phi) is 11.7. The van der Waals surface area contributed by atoms with Crippen LogP contribution in [0.5, 0.6) is 0 Å². The van der Waals surface area contributed by atoms with Crippen molar-refractivity contribution in [3.8, 4) is 0 Å². The van der Waals surface area contributed by atoms with Gasteiger partial charge in [0, 0.05) is 25.9 Å². The van der Waals surface area contributed by atoms with E-state index in [2.05, 4.69) is 0 Å². The Balaban J connectivity index is 2.10. The van der Waals surface area contributed by atoms with E-state index in [1.807, 2.05) is 25.9 Å². The number of fused-ring (bicyclic) bond motifs is 1. The molecule has 13 heteroatoms. The third kappa shape index (κ3) is 7.64. The summed E-state index contributed by atoms with van der Waals surface area (Å²) in [6.07, 6.45) is -6.68. The summed E-state index contributed by atoms with van der Waals surface area (Å²) in [5.74, 6) is -4.74. The highest BCUT2D eigenvalue weighted by Crippen LogP contribution is 2.41. The summed E-state index contributed by atoms with van der Waals surface area (Å²) < 4.78 is 41.5. The quantitative estimate of drug-likeness (QED) is 0.345. The Bertz CT molecular complexity index is 1100. The molecule has 3 aliphatic heterocycles. The Hall–Kier alpha value is -2.32. The van der Waals surface area contributed by atoms with Gasteiger partial charge in [0.2, 0.25) is 0 Å². The third-order valence-electron chi connectivity index (χ3n) is 10.1. The molecule has 0 aliphatic carbocycles. The molecule has 0 spiro atoms. The fourth-order valence-corrected chi connectivity index (χ4v) is 7.12. The molecule has 0 bridgehead atoms. The molecule has 13 nitrogen and oxygen atoms in total. The van der Waals surface area contributed by atoms with E-state index in [4.69, 9.17) is 33.2 Å². The zero-order valence-corrected chi connectivity index (χ0v) is 28.7. The monoisotopic (exact) mass is 643 g/mol. The number of ketones is 1. The number of carbonyl (C=O) groups is 4. The van der Waals surface area contributed by atoms with E-state index in [0.717, 1.165) is 0 Å². The number of ether oxygens (including phenoxy) is 7. The van der Waals surface area contributed by atoms with Crippen molar-refractivity contribution in [1.29, 1.82) is 0 Å². The number of Topliss-reactive ketones (excluding diaryl/α,β-unsaturated/α-hetero) is 1. The molecule has 3 rings (SSSR count). The lowest BCUT2D eigenvalue weighted by Gasteiger charge is -2.48. The number of esters is 2. The number of rotatable bonds is 5. The zero-order chi connectivity index (χ0) is 34.2. The van der Waals surface area contributed by atoms with Crippen LogP contribution in [0.4, 0.5) is 4.79 Å². The molecule has 1 unspecified atom stereocenters. The molecule has 0 radical (unpaired) electrons. The smallest absolute Gasteiger partial charge is 0.458 e. The molecule has 0 aromatic heterocycles. The van der Waals surface area contributed by atoms with Crippen LogP contribution < -0.4 is 0 Å². The molecule has 14 atom stereocenters. The summed E-state index contributed by atoms with van der Waals surface area (Å²) in [6.45, 7) is 14.8. The highest BCUT2D eigenvalue weighted by atomic mass is 16.8. The minimum absolute atomic E-state index is 0.138. The molecule has 3 fully saturated rings. The Morgan fingerprint density at radius 2 is 1.62 bits per heavy atom. The Labute approximate surface area is 266 Å². The van der Waals surface area contributed by atoms with Crippen molar-refractivity contribution in [3.63, 3.8) is 0 Å². The van der Waals surface area contributed by atoms with Gasteiger partial charge in [-0.1, -0.05) is 20.8 Å². The van der Waals surface area contributed by atoms with Crippen molar-refractivity contribution >= 4 is 23.9 Å². The lowest BCUT2D eigenvalue weighted by Crippen LogP contribution is -2.60. The van der Waals surface area contributed by atoms with Crippen molar-refractivity contribution in [2.24, 2.45) is 23.7 Å². The molecule has 258 valence electrons. The van der Waals surface area contributed by atoms with E-state index < -0.39 is 89.8 Å². The number of nitrogens with zero attached hydrogens (tertiary/aromatic N) is 1. The largest absolute Gasteiger partial charge is 0.509 e. The summed E-state index contributed by atoms with van der Waals surface area (Å²) in [4.78, 5) is 53.8. The molecule has 0 amide bonds. The Morgan fingerprint density at radius 1 is 1.00 bits per heavy atom. The van der Waals surface area contributed by atoms with Crippen LogP contribution in [0.1, 0.15) is 75.2 Å². The number of hydrogen-bond donors (Lipinski definition) is 1. The maximum atomic E-state index is 13.9. The number of hydrogen-bond acceptors (Lipinski definition) is 13. The fraction of sp³-hybridized carbons (Fsp3) is 0.875. The molecule has 0 aromatic rings. The number of likely N-dealkylation sites (N-methyl/N-ethyl adjacent to an activating group) is 1. The van der Waals surface area contributed by atoms with Crippen LogP contribution >= 0.6 is 0 Å². The van der Waals surface area contributed by atoms with Gasteiger partial charge in [0.05, 0.1) is 41.8 Å². The maximum absolute atomic E-state index is 13.9. The number of methoxy groups -OCH3 is 1. The van der Waals surface area contributed by atoms with Gasteiger partial charge in [0.1, 0.15) is 11.9 Å². The molecular formula is C32H53NO12. The summed E-state index contributed by atoms with van der Waals surface area (Å²) in [5, 5.41) is 11.6. The lowest BCUT2D eigenvalue weighted by atomic mass is 9.74. The van der Waals surface area contributed by atoms with E-state index >= 15 is 0 Å². The van der Waals surface area contributed by atoms with Crippen molar-refractivity contribution in [2.45, 2.75) is 135 Å². The van der Waals surface area contributed by atoms with Crippen LogP contribution in [0, 0.1) is 23.7 Å². The van der Waals surface area contributed by atoms with Crippen LogP contribution in [0.15, 0.2) is 0 Å². The van der Waals surface area contributed by atoms with E-state index in [1.165, 1.54) is 21.0 Å². The highest BCUT2D eigenvalue weighted by molar-refractivity contribution is 5.84. The predicted octanol–water partition coefficient (Wildman–Crippen LogP) is 2.88. The molecule has 3 saturated heterocycles. The topological polar surface area (TPSA) is 156 Å². The van der Waals surface area contributed by atoms with Crippen LogP contribution in [-0.4, -0.2) is 115 Å². The molecule has 3 aliphatic rings. The first-order valence-corrected chi connectivity index (χ1v) is 15.8. The molecular weight excluding hydrogens is 590 g/mol. The van der Waals surface area contributed by atoms with Gasteiger partial charge in [-0.3, -0.25) is 14.4 Å². The first-order chi connectivity index (χ1) is 20.8. The molecule has 0 aromatic carbocycles. The van der Waals surface area contributed by atoms with Gasteiger partial charge in [0.25, 0.3) is 0 Å². The summed E-state index contributed by atoms with van der Waals surface area (Å²) >= 11 is 0. The van der Waals surface area contributed by atoms with Crippen molar-refractivity contribution in [1.82, 2.24) is 4.90 Å². The van der Waals surface area contributed by atoms with Crippen molar-refractivity contribution < 1.29 is 57.4 Å². The Morgan fingerprint density at radius 3 is 2.18 bits per heavy atom. The highest BCUT2D eigenvalue weighted by Gasteiger charge is 2.58. The van der Waals surface area contributed by atoms with Gasteiger partial charge in [-0.15, -0.1) is 0 Å². The molecule has 3 heterocycles. The average molecular weight is 644 g/mol. The first-order valence-electron chi connectivity index (χ1n) is 15.8. The van der Waals surface area contributed by atoms with E-state index in [9.17, 15) is 24.3 Å². The zero-order valence-electron chi connectivity index (χ0n) is 28.7. The average Bonchev–Trinajstić information content (AvgIpc) is 3.28. The maximum Gasteiger partial charge on any atom is 0.509 e. The second kappa shape index (κ2) is 14.2.